The molecule has 1 amide bonds. The summed E-state index contributed by atoms with van der Waals surface area (Å²) in [5.41, 5.74) is 0.920. The number of nitrogens with zero attached hydrogens (tertiary/aromatic N) is 2. The van der Waals surface area contributed by atoms with Crippen LogP contribution in [0.4, 0.5) is 13.2 Å². The second kappa shape index (κ2) is 9.98. The molecule has 1 saturated heterocycles. The van der Waals surface area contributed by atoms with Gasteiger partial charge >= 0.3 is 6.18 Å². The maximum Gasteiger partial charge on any atom is 0.405 e. The number of pyridine rings is 1. The Bertz CT molecular complexity index is 524. The van der Waals surface area contributed by atoms with E-state index >= 15 is 0 Å². The lowest BCUT2D eigenvalue weighted by atomic mass is 10.2. The third-order valence-electron chi connectivity index (χ3n) is 3.91. The van der Waals surface area contributed by atoms with Crippen LogP contribution in [0.5, 0.6) is 0 Å². The van der Waals surface area contributed by atoms with Crippen LogP contribution in [-0.4, -0.2) is 66.5 Å². The second-order valence-corrected chi connectivity index (χ2v) is 6.88. The lowest BCUT2D eigenvalue weighted by molar-refractivity contribution is -0.184. The molecule has 2 N–H and O–H groups in total. The molecule has 5 nitrogen and oxygen atoms in total. The van der Waals surface area contributed by atoms with Gasteiger partial charge in [0.05, 0.1) is 5.69 Å². The highest BCUT2D eigenvalue weighted by molar-refractivity contribution is 7.98. The number of alkyl halides is 3. The predicted molar refractivity (Wildman–Crippen MR) is 92.3 cm³/mol. The highest BCUT2D eigenvalue weighted by Crippen LogP contribution is 2.24. The number of amides is 1. The van der Waals surface area contributed by atoms with Crippen molar-refractivity contribution in [2.75, 3.05) is 38.5 Å². The molecule has 1 fully saturated rings. The summed E-state index contributed by atoms with van der Waals surface area (Å²) in [6.07, 6.45) is -2.45. The maximum absolute atomic E-state index is 13.2. The molecule has 0 radical (unpaired) electrons. The van der Waals surface area contributed by atoms with E-state index in [1.807, 2.05) is 18.2 Å². The smallest absolute Gasteiger partial charge is 0.354 e. The highest BCUT2D eigenvalue weighted by Gasteiger charge is 2.43. The number of aromatic nitrogens is 1. The molecule has 0 bridgehead atoms. The molecule has 1 atom stereocenters. The van der Waals surface area contributed by atoms with E-state index in [1.54, 1.807) is 6.20 Å². The van der Waals surface area contributed by atoms with Crippen molar-refractivity contribution >= 4 is 17.7 Å². The SMILES string of the molecule is O=C(CCSCc1ccccn1)NCC(N1CCNCC1)C(F)(F)F. The van der Waals surface area contributed by atoms with Gasteiger partial charge in [-0.25, -0.2) is 0 Å². The zero-order valence-electron chi connectivity index (χ0n) is 13.9. The summed E-state index contributed by atoms with van der Waals surface area (Å²) in [6.45, 7) is 1.34. The first kappa shape index (κ1) is 20.0. The average molecular weight is 376 g/mol. The van der Waals surface area contributed by atoms with Crippen LogP contribution in [0.25, 0.3) is 0 Å². The molecular weight excluding hydrogens is 353 g/mol. The fraction of sp³-hybridized carbons (Fsp3) is 0.625. The van der Waals surface area contributed by atoms with Crippen molar-refractivity contribution < 1.29 is 18.0 Å². The molecule has 0 saturated carbocycles. The third-order valence-corrected chi connectivity index (χ3v) is 4.91. The predicted octanol–water partition coefficient (Wildman–Crippen LogP) is 1.66. The molecule has 1 aliphatic rings. The average Bonchev–Trinajstić information content (AvgIpc) is 2.59. The largest absolute Gasteiger partial charge is 0.405 e. The van der Waals surface area contributed by atoms with Gasteiger partial charge in [-0.1, -0.05) is 6.07 Å². The van der Waals surface area contributed by atoms with E-state index in [1.165, 1.54) is 16.7 Å². The molecule has 2 rings (SSSR count). The van der Waals surface area contributed by atoms with Crippen LogP contribution in [0.3, 0.4) is 0 Å². The van der Waals surface area contributed by atoms with E-state index in [-0.39, 0.29) is 12.3 Å². The minimum Gasteiger partial charge on any atom is -0.354 e. The van der Waals surface area contributed by atoms with Crippen LogP contribution >= 0.6 is 11.8 Å². The van der Waals surface area contributed by atoms with Crippen LogP contribution in [0.2, 0.25) is 0 Å². The van der Waals surface area contributed by atoms with Crippen molar-refractivity contribution in [3.63, 3.8) is 0 Å². The Hall–Kier alpha value is -1.32. The van der Waals surface area contributed by atoms with Crippen LogP contribution in [0.1, 0.15) is 12.1 Å². The minimum atomic E-state index is -4.35. The van der Waals surface area contributed by atoms with Gasteiger partial charge in [0, 0.05) is 56.8 Å². The van der Waals surface area contributed by atoms with Crippen molar-refractivity contribution in [3.05, 3.63) is 30.1 Å². The van der Waals surface area contributed by atoms with Crippen molar-refractivity contribution in [2.45, 2.75) is 24.4 Å². The maximum atomic E-state index is 13.2. The first-order valence-corrected chi connectivity index (χ1v) is 9.38. The minimum absolute atomic E-state index is 0.198. The number of halogens is 3. The molecule has 1 aromatic rings. The number of carbonyl (C=O) groups is 1. The summed E-state index contributed by atoms with van der Waals surface area (Å²) in [6, 6.07) is 3.99. The molecular formula is C16H23F3N4OS. The summed E-state index contributed by atoms with van der Waals surface area (Å²) in [4.78, 5) is 17.4. The van der Waals surface area contributed by atoms with Crippen molar-refractivity contribution in [1.29, 1.82) is 0 Å². The Morgan fingerprint density at radius 2 is 2.12 bits per heavy atom. The number of nitrogens with one attached hydrogen (secondary N) is 2. The first-order chi connectivity index (χ1) is 12.0. The van der Waals surface area contributed by atoms with E-state index in [9.17, 15) is 18.0 Å². The summed E-state index contributed by atoms with van der Waals surface area (Å²) >= 11 is 1.54. The van der Waals surface area contributed by atoms with Crippen LogP contribution in [0, 0.1) is 0 Å². The molecule has 140 valence electrons. The topological polar surface area (TPSA) is 57.3 Å². The Kier molecular flexibility index (Phi) is 7.98. The quantitative estimate of drug-likeness (QED) is 0.676. The number of piperazine rings is 1. The van der Waals surface area contributed by atoms with Gasteiger partial charge in [-0.3, -0.25) is 14.7 Å². The van der Waals surface area contributed by atoms with Crippen molar-refractivity contribution in [1.82, 2.24) is 20.5 Å². The van der Waals surface area contributed by atoms with Crippen LogP contribution in [-0.2, 0) is 10.5 Å². The molecule has 0 aliphatic carbocycles. The molecule has 1 aromatic heterocycles. The van der Waals surface area contributed by atoms with Gasteiger partial charge in [0.15, 0.2) is 0 Å². The molecule has 0 aromatic carbocycles. The van der Waals surface area contributed by atoms with E-state index in [0.29, 0.717) is 37.7 Å². The standard InChI is InChI=1S/C16H23F3N4OS/c17-16(18,19)14(23-8-6-20-7-9-23)11-22-15(24)4-10-25-12-13-3-1-2-5-21-13/h1-3,5,14,20H,4,6-12H2,(H,22,24). The number of carbonyl (C=O) groups excluding carboxylic acids is 1. The Morgan fingerprint density at radius 3 is 2.76 bits per heavy atom. The highest BCUT2D eigenvalue weighted by atomic mass is 32.2. The lowest BCUT2D eigenvalue weighted by Gasteiger charge is -2.35. The normalized spacial score (nSPS) is 17.2. The van der Waals surface area contributed by atoms with E-state index < -0.39 is 18.8 Å². The van der Waals surface area contributed by atoms with E-state index in [0.717, 1.165) is 5.69 Å². The van der Waals surface area contributed by atoms with Gasteiger partial charge in [0.25, 0.3) is 0 Å². The zero-order valence-corrected chi connectivity index (χ0v) is 14.7. The Labute approximate surface area is 149 Å². The lowest BCUT2D eigenvalue weighted by Crippen LogP contribution is -2.57. The van der Waals surface area contributed by atoms with E-state index in [2.05, 4.69) is 15.6 Å². The first-order valence-electron chi connectivity index (χ1n) is 8.22. The number of rotatable bonds is 8. The zero-order chi connectivity index (χ0) is 18.1. The molecule has 1 unspecified atom stereocenters. The van der Waals surface area contributed by atoms with Gasteiger partial charge in [-0.2, -0.15) is 24.9 Å². The molecule has 0 spiro atoms. The summed E-state index contributed by atoms with van der Waals surface area (Å²) < 4.78 is 39.7. The monoisotopic (exact) mass is 376 g/mol. The third kappa shape index (κ3) is 7.21. The summed E-state index contributed by atoms with van der Waals surface area (Å²) in [5.74, 6) is 0.880. The van der Waals surface area contributed by atoms with Gasteiger partial charge in [-0.05, 0) is 12.1 Å². The fourth-order valence-corrected chi connectivity index (χ4v) is 3.42. The number of hydrogen-bond acceptors (Lipinski definition) is 5. The van der Waals surface area contributed by atoms with Crippen LogP contribution in [0.15, 0.2) is 24.4 Å². The van der Waals surface area contributed by atoms with Crippen LogP contribution < -0.4 is 10.6 Å². The summed E-state index contributed by atoms with van der Waals surface area (Å²) in [5, 5.41) is 5.46. The fourth-order valence-electron chi connectivity index (χ4n) is 2.57. The van der Waals surface area contributed by atoms with Gasteiger partial charge in [0.2, 0.25) is 5.91 Å². The summed E-state index contributed by atoms with van der Waals surface area (Å²) in [7, 11) is 0. The Balaban J connectivity index is 1.69. The van der Waals surface area contributed by atoms with Gasteiger partial charge < -0.3 is 10.6 Å². The van der Waals surface area contributed by atoms with Gasteiger partial charge in [0.1, 0.15) is 6.04 Å². The molecule has 25 heavy (non-hydrogen) atoms. The molecule has 1 aliphatic heterocycles. The number of thioether (sulfide) groups is 1. The molecule has 2 heterocycles. The second-order valence-electron chi connectivity index (χ2n) is 5.77. The van der Waals surface area contributed by atoms with E-state index in [4.69, 9.17) is 0 Å². The molecule has 9 heteroatoms. The van der Waals surface area contributed by atoms with Crippen molar-refractivity contribution in [3.8, 4) is 0 Å². The van der Waals surface area contributed by atoms with Crippen molar-refractivity contribution in [2.24, 2.45) is 0 Å². The Morgan fingerprint density at radius 1 is 1.36 bits per heavy atom. The van der Waals surface area contributed by atoms with Gasteiger partial charge in [-0.15, -0.1) is 0 Å². The number of hydrogen-bond donors (Lipinski definition) is 2.